The zero-order chi connectivity index (χ0) is 17.8. The first-order chi connectivity index (χ1) is 12.0. The summed E-state index contributed by atoms with van der Waals surface area (Å²) >= 11 is 12.2. The molecule has 25 heavy (non-hydrogen) atoms. The highest BCUT2D eigenvalue weighted by Crippen LogP contribution is 2.31. The van der Waals surface area contributed by atoms with Crippen molar-refractivity contribution in [1.29, 1.82) is 0 Å². The number of hydrogen-bond acceptors (Lipinski definition) is 5. The molecule has 0 amide bonds. The summed E-state index contributed by atoms with van der Waals surface area (Å²) in [5, 5.41) is 15.0. The minimum Gasteiger partial charge on any atom is -0.339 e. The number of hydrogen-bond donors (Lipinski definition) is 2. The molecule has 0 radical (unpaired) electrons. The molecule has 0 aliphatic carbocycles. The molecule has 0 aliphatic rings. The maximum absolute atomic E-state index is 6.17. The first-order valence-corrected chi connectivity index (χ1v) is 8.56. The zero-order valence-corrected chi connectivity index (χ0v) is 15.3. The van der Waals surface area contributed by atoms with Gasteiger partial charge in [-0.2, -0.15) is 10.1 Å². The lowest BCUT2D eigenvalue weighted by atomic mass is 10.0. The summed E-state index contributed by atoms with van der Waals surface area (Å²) in [6, 6.07) is 13.5. The molecule has 5 nitrogen and oxygen atoms in total. The van der Waals surface area contributed by atoms with Crippen LogP contribution in [0.2, 0.25) is 10.0 Å². The van der Waals surface area contributed by atoms with Gasteiger partial charge in [0.05, 0.1) is 21.9 Å². The van der Waals surface area contributed by atoms with Gasteiger partial charge in [0.1, 0.15) is 0 Å². The molecule has 2 aromatic carbocycles. The highest BCUT2D eigenvalue weighted by atomic mass is 35.5. The van der Waals surface area contributed by atoms with E-state index in [1.807, 2.05) is 12.1 Å². The Morgan fingerprint density at radius 3 is 2.44 bits per heavy atom. The molecule has 0 aliphatic heterocycles. The topological polar surface area (TPSA) is 62.7 Å². The lowest BCUT2D eigenvalue weighted by Gasteiger charge is -2.10. The number of nitrogens with one attached hydrogen (secondary N) is 2. The van der Waals surface area contributed by atoms with E-state index in [1.165, 1.54) is 5.56 Å². The van der Waals surface area contributed by atoms with Gasteiger partial charge in [-0.1, -0.05) is 55.2 Å². The van der Waals surface area contributed by atoms with Crippen LogP contribution >= 0.6 is 23.2 Å². The molecule has 0 fully saturated rings. The number of benzene rings is 2. The standard InChI is InChI=1S/C18H17Cl2N5/c1-11(2)12-6-8-13(9-7-12)22-16-10-21-25-18(24-16)23-15-5-3-4-14(19)17(15)20/h3-11H,1-2H3,(H2,22,23,24,25). The number of anilines is 4. The molecule has 7 heteroatoms. The smallest absolute Gasteiger partial charge is 0.249 e. The van der Waals surface area contributed by atoms with Crippen molar-refractivity contribution >= 4 is 46.3 Å². The summed E-state index contributed by atoms with van der Waals surface area (Å²) < 4.78 is 0. The Hall–Kier alpha value is -2.37. The maximum Gasteiger partial charge on any atom is 0.249 e. The average molecular weight is 374 g/mol. The molecule has 0 saturated heterocycles. The molecule has 3 aromatic rings. The summed E-state index contributed by atoms with van der Waals surface area (Å²) in [6.07, 6.45) is 1.56. The number of rotatable bonds is 5. The van der Waals surface area contributed by atoms with E-state index in [0.29, 0.717) is 33.4 Å². The third kappa shape index (κ3) is 4.38. The third-order valence-corrected chi connectivity index (χ3v) is 4.43. The van der Waals surface area contributed by atoms with Crippen LogP contribution in [-0.4, -0.2) is 15.2 Å². The van der Waals surface area contributed by atoms with E-state index in [-0.39, 0.29) is 0 Å². The molecule has 3 rings (SSSR count). The van der Waals surface area contributed by atoms with Crippen molar-refractivity contribution in [3.8, 4) is 0 Å². The summed E-state index contributed by atoms with van der Waals surface area (Å²) in [7, 11) is 0. The van der Waals surface area contributed by atoms with Gasteiger partial charge in [0.25, 0.3) is 0 Å². The van der Waals surface area contributed by atoms with Crippen molar-refractivity contribution in [2.75, 3.05) is 10.6 Å². The van der Waals surface area contributed by atoms with E-state index in [9.17, 15) is 0 Å². The van der Waals surface area contributed by atoms with E-state index >= 15 is 0 Å². The molecular formula is C18H17Cl2N5. The van der Waals surface area contributed by atoms with Crippen LogP contribution in [0.3, 0.4) is 0 Å². The van der Waals surface area contributed by atoms with Gasteiger partial charge in [-0.25, -0.2) is 0 Å². The second-order valence-electron chi connectivity index (χ2n) is 5.79. The first kappa shape index (κ1) is 17.5. The van der Waals surface area contributed by atoms with Crippen molar-refractivity contribution in [3.05, 3.63) is 64.3 Å². The zero-order valence-electron chi connectivity index (χ0n) is 13.8. The second-order valence-corrected chi connectivity index (χ2v) is 6.58. The monoisotopic (exact) mass is 373 g/mol. The fraction of sp³-hybridized carbons (Fsp3) is 0.167. The Morgan fingerprint density at radius 1 is 0.960 bits per heavy atom. The average Bonchev–Trinajstić information content (AvgIpc) is 2.60. The van der Waals surface area contributed by atoms with Gasteiger partial charge in [0.15, 0.2) is 5.82 Å². The Morgan fingerprint density at radius 2 is 1.72 bits per heavy atom. The molecule has 2 N–H and O–H groups in total. The minimum absolute atomic E-state index is 0.327. The second kappa shape index (κ2) is 7.68. The van der Waals surface area contributed by atoms with Crippen LogP contribution in [0, 0.1) is 0 Å². The minimum atomic E-state index is 0.327. The largest absolute Gasteiger partial charge is 0.339 e. The van der Waals surface area contributed by atoms with Crippen molar-refractivity contribution < 1.29 is 0 Å². The van der Waals surface area contributed by atoms with Gasteiger partial charge in [-0.15, -0.1) is 5.10 Å². The summed E-state index contributed by atoms with van der Waals surface area (Å²) in [6.45, 7) is 4.32. The maximum atomic E-state index is 6.17. The lowest BCUT2D eigenvalue weighted by Crippen LogP contribution is -2.02. The molecule has 128 valence electrons. The van der Waals surface area contributed by atoms with Gasteiger partial charge in [0.2, 0.25) is 5.95 Å². The quantitative estimate of drug-likeness (QED) is 0.592. The fourth-order valence-electron chi connectivity index (χ4n) is 2.24. The van der Waals surface area contributed by atoms with Gasteiger partial charge in [0, 0.05) is 5.69 Å². The first-order valence-electron chi connectivity index (χ1n) is 7.80. The van der Waals surface area contributed by atoms with Crippen LogP contribution in [0.25, 0.3) is 0 Å². The van der Waals surface area contributed by atoms with Crippen molar-refractivity contribution in [3.63, 3.8) is 0 Å². The van der Waals surface area contributed by atoms with Gasteiger partial charge >= 0.3 is 0 Å². The van der Waals surface area contributed by atoms with E-state index < -0.39 is 0 Å². The highest BCUT2D eigenvalue weighted by molar-refractivity contribution is 6.43. The summed E-state index contributed by atoms with van der Waals surface area (Å²) in [5.74, 6) is 1.40. The molecule has 1 aromatic heterocycles. The van der Waals surface area contributed by atoms with Crippen LogP contribution in [-0.2, 0) is 0 Å². The number of nitrogens with zero attached hydrogens (tertiary/aromatic N) is 3. The molecule has 0 atom stereocenters. The van der Waals surface area contributed by atoms with Crippen LogP contribution in [0.4, 0.5) is 23.1 Å². The van der Waals surface area contributed by atoms with Crippen LogP contribution in [0.5, 0.6) is 0 Å². The molecule has 0 bridgehead atoms. The van der Waals surface area contributed by atoms with Gasteiger partial charge in [-0.3, -0.25) is 0 Å². The summed E-state index contributed by atoms with van der Waals surface area (Å²) in [5.41, 5.74) is 2.83. The molecule has 0 saturated carbocycles. The predicted octanol–water partition coefficient (Wildman–Crippen LogP) is 5.79. The van der Waals surface area contributed by atoms with E-state index in [2.05, 4.69) is 51.8 Å². The predicted molar refractivity (Wildman–Crippen MR) is 103 cm³/mol. The van der Waals surface area contributed by atoms with Gasteiger partial charge < -0.3 is 10.6 Å². The Kier molecular flexibility index (Phi) is 5.36. The Labute approximate surface area is 156 Å². The fourth-order valence-corrected chi connectivity index (χ4v) is 2.58. The SMILES string of the molecule is CC(C)c1ccc(Nc2cnnc(Nc3cccc(Cl)c3Cl)n2)cc1. The normalized spacial score (nSPS) is 10.8. The van der Waals surface area contributed by atoms with Crippen LogP contribution in [0.15, 0.2) is 48.7 Å². The van der Waals surface area contributed by atoms with Gasteiger partial charge in [-0.05, 0) is 35.7 Å². The van der Waals surface area contributed by atoms with E-state index in [4.69, 9.17) is 23.2 Å². The Balaban J connectivity index is 1.76. The van der Waals surface area contributed by atoms with Crippen LogP contribution in [0.1, 0.15) is 25.3 Å². The molecule has 0 spiro atoms. The molecule has 0 unspecified atom stereocenters. The number of halogens is 2. The molecular weight excluding hydrogens is 357 g/mol. The van der Waals surface area contributed by atoms with Crippen LogP contribution < -0.4 is 10.6 Å². The Bertz CT molecular complexity index is 866. The lowest BCUT2D eigenvalue weighted by molar-refractivity contribution is 0.867. The van der Waals surface area contributed by atoms with Crippen molar-refractivity contribution in [1.82, 2.24) is 15.2 Å². The molecule has 1 heterocycles. The van der Waals surface area contributed by atoms with Crippen molar-refractivity contribution in [2.24, 2.45) is 0 Å². The highest BCUT2D eigenvalue weighted by Gasteiger charge is 2.07. The van der Waals surface area contributed by atoms with Crippen molar-refractivity contribution in [2.45, 2.75) is 19.8 Å². The summed E-state index contributed by atoms with van der Waals surface area (Å²) in [4.78, 5) is 4.39. The van der Waals surface area contributed by atoms with E-state index in [1.54, 1.807) is 24.4 Å². The number of aromatic nitrogens is 3. The third-order valence-electron chi connectivity index (χ3n) is 3.61. The van der Waals surface area contributed by atoms with E-state index in [0.717, 1.165) is 5.69 Å².